The van der Waals surface area contributed by atoms with Crippen LogP contribution >= 0.6 is 0 Å². The Balaban J connectivity index is 1.69. The third kappa shape index (κ3) is 5.80. The summed E-state index contributed by atoms with van der Waals surface area (Å²) in [6.45, 7) is 4.28. The van der Waals surface area contributed by atoms with Crippen molar-refractivity contribution in [2.75, 3.05) is 6.61 Å². The fourth-order valence-corrected chi connectivity index (χ4v) is 3.32. The molecule has 1 fully saturated rings. The third-order valence-electron chi connectivity index (χ3n) is 4.86. The number of amides is 2. The van der Waals surface area contributed by atoms with Crippen LogP contribution in [-0.2, 0) is 19.1 Å². The van der Waals surface area contributed by atoms with Gasteiger partial charge in [-0.2, -0.15) is 0 Å². The minimum atomic E-state index is -1.24. The fraction of sp³-hybridized carbons (Fsp3) is 0.476. The quantitative estimate of drug-likeness (QED) is 0.597. The van der Waals surface area contributed by atoms with Gasteiger partial charge < -0.3 is 14.6 Å². The first-order chi connectivity index (χ1) is 14.8. The lowest BCUT2D eigenvalue weighted by Crippen LogP contribution is -2.55. The molecule has 0 saturated carbocycles. The van der Waals surface area contributed by atoms with E-state index in [1.807, 2.05) is 19.9 Å². The van der Waals surface area contributed by atoms with E-state index in [4.69, 9.17) is 9.47 Å². The van der Waals surface area contributed by atoms with Crippen LogP contribution in [0.1, 0.15) is 50.0 Å². The predicted molar refractivity (Wildman–Crippen MR) is 108 cm³/mol. The number of nitrogens with zero attached hydrogens (tertiary/aromatic N) is 3. The number of aromatic nitrogens is 2. The number of allylic oxidation sites excluding steroid dienone is 2. The number of carbonyl (C=O) groups is 3. The minimum absolute atomic E-state index is 0.0225. The number of carbonyl (C=O) groups excluding carboxylic acids is 2. The van der Waals surface area contributed by atoms with Crippen LogP contribution in [0.4, 0.5) is 0 Å². The lowest BCUT2D eigenvalue weighted by molar-refractivity contribution is -0.145. The van der Waals surface area contributed by atoms with E-state index < -0.39 is 23.8 Å². The van der Waals surface area contributed by atoms with Gasteiger partial charge in [-0.25, -0.2) is 14.8 Å². The third-order valence-corrected chi connectivity index (χ3v) is 4.86. The SMILES string of the molecule is CC(C)CC(C(=O)O)N(NC(=O)CCC1=COC2CCOC2=C1)C(=O)c1cnccn1. The van der Waals surface area contributed by atoms with Gasteiger partial charge in [0.2, 0.25) is 5.91 Å². The molecule has 2 atom stereocenters. The zero-order chi connectivity index (χ0) is 22.4. The molecule has 10 heteroatoms. The summed E-state index contributed by atoms with van der Waals surface area (Å²) in [5.41, 5.74) is 3.19. The maximum absolute atomic E-state index is 12.9. The molecule has 3 rings (SSSR count). The summed E-state index contributed by atoms with van der Waals surface area (Å²) in [5, 5.41) is 10.5. The number of hydrogen-bond acceptors (Lipinski definition) is 7. The molecule has 1 aromatic heterocycles. The van der Waals surface area contributed by atoms with E-state index in [1.54, 1.807) is 6.26 Å². The highest BCUT2D eigenvalue weighted by molar-refractivity contribution is 5.96. The molecule has 0 aliphatic carbocycles. The van der Waals surface area contributed by atoms with Gasteiger partial charge in [-0.05, 0) is 30.4 Å². The second kappa shape index (κ2) is 10.1. The number of fused-ring (bicyclic) bond motifs is 1. The van der Waals surface area contributed by atoms with Crippen molar-refractivity contribution in [1.82, 2.24) is 20.4 Å². The van der Waals surface area contributed by atoms with Crippen molar-refractivity contribution >= 4 is 17.8 Å². The number of carboxylic acids is 1. The van der Waals surface area contributed by atoms with Crippen LogP contribution in [0.5, 0.6) is 0 Å². The average molecular weight is 430 g/mol. The molecule has 2 aliphatic rings. The number of nitrogens with one attached hydrogen (secondary N) is 1. The molecule has 0 radical (unpaired) electrons. The van der Waals surface area contributed by atoms with Gasteiger partial charge in [-0.1, -0.05) is 13.8 Å². The molecular formula is C21H26N4O6. The second-order valence-electron chi connectivity index (χ2n) is 7.79. The van der Waals surface area contributed by atoms with Crippen LogP contribution in [0.2, 0.25) is 0 Å². The largest absolute Gasteiger partial charge is 0.494 e. The minimum Gasteiger partial charge on any atom is -0.494 e. The Labute approximate surface area is 179 Å². The summed E-state index contributed by atoms with van der Waals surface area (Å²) in [4.78, 5) is 45.2. The Morgan fingerprint density at radius 2 is 2.13 bits per heavy atom. The molecule has 166 valence electrons. The van der Waals surface area contributed by atoms with E-state index in [0.29, 0.717) is 13.0 Å². The molecule has 3 heterocycles. The van der Waals surface area contributed by atoms with Gasteiger partial charge in [0.05, 0.1) is 19.1 Å². The van der Waals surface area contributed by atoms with Gasteiger partial charge in [0.25, 0.3) is 5.91 Å². The highest BCUT2D eigenvalue weighted by Gasteiger charge is 2.33. The molecule has 0 bridgehead atoms. The topological polar surface area (TPSA) is 131 Å². The number of aliphatic carboxylic acids is 1. The van der Waals surface area contributed by atoms with Gasteiger partial charge in [-0.15, -0.1) is 0 Å². The van der Waals surface area contributed by atoms with E-state index in [0.717, 1.165) is 22.8 Å². The van der Waals surface area contributed by atoms with Crippen molar-refractivity contribution in [2.24, 2.45) is 5.92 Å². The van der Waals surface area contributed by atoms with E-state index in [2.05, 4.69) is 15.4 Å². The maximum atomic E-state index is 12.9. The smallest absolute Gasteiger partial charge is 0.328 e. The van der Waals surface area contributed by atoms with Gasteiger partial charge in [-0.3, -0.25) is 20.0 Å². The van der Waals surface area contributed by atoms with Crippen molar-refractivity contribution in [3.05, 3.63) is 48.0 Å². The van der Waals surface area contributed by atoms with E-state index in [-0.39, 0.29) is 30.6 Å². The summed E-state index contributed by atoms with van der Waals surface area (Å²) in [6, 6.07) is -1.24. The van der Waals surface area contributed by atoms with Gasteiger partial charge in [0.1, 0.15) is 11.5 Å². The zero-order valence-corrected chi connectivity index (χ0v) is 17.5. The van der Waals surface area contributed by atoms with Crippen molar-refractivity contribution < 1.29 is 29.0 Å². The normalized spacial score (nSPS) is 18.1. The Morgan fingerprint density at radius 1 is 1.32 bits per heavy atom. The molecule has 0 spiro atoms. The van der Waals surface area contributed by atoms with Gasteiger partial charge >= 0.3 is 5.97 Å². The van der Waals surface area contributed by atoms with Crippen LogP contribution in [0.3, 0.4) is 0 Å². The van der Waals surface area contributed by atoms with E-state index >= 15 is 0 Å². The number of hydrogen-bond donors (Lipinski definition) is 2. The predicted octanol–water partition coefficient (Wildman–Crippen LogP) is 1.82. The fourth-order valence-electron chi connectivity index (χ4n) is 3.32. The number of carboxylic acid groups (broad SMARTS) is 1. The summed E-state index contributed by atoms with van der Waals surface area (Å²) in [5.74, 6) is -1.73. The molecule has 1 aromatic rings. The average Bonchev–Trinajstić information content (AvgIpc) is 3.22. The molecule has 2 unspecified atom stereocenters. The number of hydrazine groups is 1. The molecule has 2 N–H and O–H groups in total. The van der Waals surface area contributed by atoms with Crippen molar-refractivity contribution in [3.8, 4) is 0 Å². The summed E-state index contributed by atoms with van der Waals surface area (Å²) in [7, 11) is 0. The summed E-state index contributed by atoms with van der Waals surface area (Å²) in [6.07, 6.45) is 8.68. The van der Waals surface area contributed by atoms with Crippen LogP contribution < -0.4 is 5.43 Å². The van der Waals surface area contributed by atoms with Gasteiger partial charge in [0.15, 0.2) is 12.1 Å². The number of rotatable bonds is 8. The van der Waals surface area contributed by atoms with Crippen LogP contribution in [0.15, 0.2) is 42.3 Å². The molecule has 2 amide bonds. The molecule has 1 saturated heterocycles. The first kappa shape index (κ1) is 22.3. The Hall–Kier alpha value is -3.43. The van der Waals surface area contributed by atoms with Crippen molar-refractivity contribution in [2.45, 2.75) is 51.7 Å². The van der Waals surface area contributed by atoms with Gasteiger partial charge in [0, 0.05) is 25.2 Å². The zero-order valence-electron chi connectivity index (χ0n) is 17.5. The summed E-state index contributed by atoms with van der Waals surface area (Å²) < 4.78 is 11.1. The second-order valence-corrected chi connectivity index (χ2v) is 7.79. The highest BCUT2D eigenvalue weighted by atomic mass is 16.5. The Morgan fingerprint density at radius 3 is 2.81 bits per heavy atom. The highest BCUT2D eigenvalue weighted by Crippen LogP contribution is 2.28. The lowest BCUT2D eigenvalue weighted by atomic mass is 10.0. The van der Waals surface area contributed by atoms with E-state index in [9.17, 15) is 19.5 Å². The molecular weight excluding hydrogens is 404 g/mol. The maximum Gasteiger partial charge on any atom is 0.328 e. The molecule has 0 aromatic carbocycles. The molecule has 31 heavy (non-hydrogen) atoms. The monoisotopic (exact) mass is 430 g/mol. The first-order valence-corrected chi connectivity index (χ1v) is 10.2. The summed E-state index contributed by atoms with van der Waals surface area (Å²) >= 11 is 0. The number of ether oxygens (including phenoxy) is 2. The van der Waals surface area contributed by atoms with Crippen LogP contribution in [0.25, 0.3) is 0 Å². The van der Waals surface area contributed by atoms with Crippen molar-refractivity contribution in [1.29, 1.82) is 0 Å². The first-order valence-electron chi connectivity index (χ1n) is 10.2. The van der Waals surface area contributed by atoms with Crippen LogP contribution in [0, 0.1) is 5.92 Å². The Kier molecular flexibility index (Phi) is 7.22. The van der Waals surface area contributed by atoms with Crippen molar-refractivity contribution in [3.63, 3.8) is 0 Å². The standard InChI is InChI=1S/C21H26N4O6/c1-13(2)9-16(21(28)29)25(20(27)15-11-22-6-7-23-15)24-19(26)4-3-14-10-18-17(31-12-14)5-8-30-18/h6-7,10-13,16-17H,3-5,8-9H2,1-2H3,(H,24,26)(H,28,29). The van der Waals surface area contributed by atoms with E-state index in [1.165, 1.54) is 18.6 Å². The molecule has 2 aliphatic heterocycles. The lowest BCUT2D eigenvalue weighted by Gasteiger charge is -2.30. The molecule has 10 nitrogen and oxygen atoms in total. The Bertz CT molecular complexity index is 883. The van der Waals surface area contributed by atoms with Crippen LogP contribution in [-0.4, -0.2) is 56.6 Å².